The first-order valence-corrected chi connectivity index (χ1v) is 9.24. The van der Waals surface area contributed by atoms with Crippen LogP contribution in [-0.4, -0.2) is 34.9 Å². The predicted octanol–water partition coefficient (Wildman–Crippen LogP) is 3.26. The number of urea groups is 1. The SMILES string of the molecule is CCOC(=O)CNC(=O)N[C@H](C)c1cnn(-c2cccc3ccccc23)c1C. The van der Waals surface area contributed by atoms with Gasteiger partial charge in [0.15, 0.2) is 0 Å². The Bertz CT molecular complexity index is 991. The highest BCUT2D eigenvalue weighted by molar-refractivity contribution is 5.90. The first-order chi connectivity index (χ1) is 13.5. The second kappa shape index (κ2) is 8.56. The van der Waals surface area contributed by atoms with E-state index in [0.29, 0.717) is 0 Å². The molecule has 0 radical (unpaired) electrons. The number of hydrogen-bond donors (Lipinski definition) is 2. The van der Waals surface area contributed by atoms with Gasteiger partial charge in [-0.05, 0) is 32.2 Å². The first kappa shape index (κ1) is 19.4. The number of aromatic nitrogens is 2. The molecule has 0 aliphatic heterocycles. The van der Waals surface area contributed by atoms with Crippen LogP contribution in [0.1, 0.15) is 31.1 Å². The van der Waals surface area contributed by atoms with Crippen molar-refractivity contribution >= 4 is 22.8 Å². The van der Waals surface area contributed by atoms with E-state index in [-0.39, 0.29) is 19.2 Å². The number of carbonyl (C=O) groups is 2. The lowest BCUT2D eigenvalue weighted by molar-refractivity contribution is -0.141. The summed E-state index contributed by atoms with van der Waals surface area (Å²) >= 11 is 0. The van der Waals surface area contributed by atoms with Gasteiger partial charge in [-0.2, -0.15) is 5.10 Å². The van der Waals surface area contributed by atoms with Crippen molar-refractivity contribution in [2.75, 3.05) is 13.2 Å². The molecular formula is C21H24N4O3. The summed E-state index contributed by atoms with van der Waals surface area (Å²) in [7, 11) is 0. The van der Waals surface area contributed by atoms with Crippen LogP contribution >= 0.6 is 0 Å². The van der Waals surface area contributed by atoms with Crippen LogP contribution in [0.25, 0.3) is 16.5 Å². The van der Waals surface area contributed by atoms with E-state index in [0.717, 1.165) is 27.7 Å². The average Bonchev–Trinajstić information content (AvgIpc) is 3.07. The van der Waals surface area contributed by atoms with E-state index in [1.165, 1.54) is 0 Å². The molecule has 0 aliphatic rings. The zero-order valence-electron chi connectivity index (χ0n) is 16.2. The van der Waals surface area contributed by atoms with Gasteiger partial charge < -0.3 is 15.4 Å². The van der Waals surface area contributed by atoms with E-state index < -0.39 is 12.0 Å². The van der Waals surface area contributed by atoms with Crippen LogP contribution in [0.4, 0.5) is 4.79 Å². The Morgan fingerprint density at radius 2 is 1.93 bits per heavy atom. The Balaban J connectivity index is 1.75. The number of rotatable bonds is 6. The third kappa shape index (κ3) is 4.14. The first-order valence-electron chi connectivity index (χ1n) is 9.24. The summed E-state index contributed by atoms with van der Waals surface area (Å²) in [4.78, 5) is 23.4. The lowest BCUT2D eigenvalue weighted by atomic mass is 10.1. The fourth-order valence-electron chi connectivity index (χ4n) is 3.17. The molecule has 7 nitrogen and oxygen atoms in total. The van der Waals surface area contributed by atoms with Crippen LogP contribution in [0.5, 0.6) is 0 Å². The number of nitrogens with zero attached hydrogens (tertiary/aromatic N) is 2. The molecule has 0 bridgehead atoms. The van der Waals surface area contributed by atoms with Crippen molar-refractivity contribution in [1.29, 1.82) is 0 Å². The van der Waals surface area contributed by atoms with E-state index in [4.69, 9.17) is 4.74 Å². The van der Waals surface area contributed by atoms with Crippen LogP contribution in [0.2, 0.25) is 0 Å². The van der Waals surface area contributed by atoms with Crippen LogP contribution in [-0.2, 0) is 9.53 Å². The van der Waals surface area contributed by atoms with E-state index in [2.05, 4.69) is 33.9 Å². The molecule has 0 unspecified atom stereocenters. The van der Waals surface area contributed by atoms with Crippen molar-refractivity contribution in [2.24, 2.45) is 0 Å². The summed E-state index contributed by atoms with van der Waals surface area (Å²) in [6.07, 6.45) is 1.76. The molecule has 1 atom stereocenters. The molecule has 146 valence electrons. The highest BCUT2D eigenvalue weighted by Gasteiger charge is 2.17. The number of fused-ring (bicyclic) bond motifs is 1. The normalized spacial score (nSPS) is 11.8. The molecule has 0 aliphatic carbocycles. The van der Waals surface area contributed by atoms with Gasteiger partial charge in [0.05, 0.1) is 24.5 Å². The Hall–Kier alpha value is -3.35. The van der Waals surface area contributed by atoms with Crippen molar-refractivity contribution < 1.29 is 14.3 Å². The molecule has 0 fully saturated rings. The minimum Gasteiger partial charge on any atom is -0.465 e. The molecule has 2 amide bonds. The fraction of sp³-hybridized carbons (Fsp3) is 0.286. The smallest absolute Gasteiger partial charge is 0.325 e. The van der Waals surface area contributed by atoms with Crippen LogP contribution < -0.4 is 10.6 Å². The summed E-state index contributed by atoms with van der Waals surface area (Å²) in [6, 6.07) is 13.5. The van der Waals surface area contributed by atoms with Gasteiger partial charge in [-0.1, -0.05) is 36.4 Å². The van der Waals surface area contributed by atoms with Gasteiger partial charge in [0, 0.05) is 16.6 Å². The van der Waals surface area contributed by atoms with E-state index >= 15 is 0 Å². The van der Waals surface area contributed by atoms with Crippen LogP contribution in [0.15, 0.2) is 48.7 Å². The summed E-state index contributed by atoms with van der Waals surface area (Å²) in [5, 5.41) is 12.1. The molecule has 7 heteroatoms. The molecule has 0 saturated heterocycles. The van der Waals surface area contributed by atoms with Crippen LogP contribution in [0.3, 0.4) is 0 Å². The number of carbonyl (C=O) groups excluding carboxylic acids is 2. The summed E-state index contributed by atoms with van der Waals surface area (Å²) in [5.74, 6) is -0.467. The number of esters is 1. The monoisotopic (exact) mass is 380 g/mol. The summed E-state index contributed by atoms with van der Waals surface area (Å²) in [6.45, 7) is 5.68. The molecule has 3 aromatic rings. The lowest BCUT2D eigenvalue weighted by Crippen LogP contribution is -2.40. The molecule has 2 aromatic carbocycles. The number of hydrogen-bond acceptors (Lipinski definition) is 4. The molecular weight excluding hydrogens is 356 g/mol. The second-order valence-electron chi connectivity index (χ2n) is 6.45. The molecule has 1 heterocycles. The van der Waals surface area contributed by atoms with E-state index in [1.807, 2.05) is 42.8 Å². The molecule has 0 spiro atoms. The van der Waals surface area contributed by atoms with Gasteiger partial charge >= 0.3 is 12.0 Å². The van der Waals surface area contributed by atoms with Crippen molar-refractivity contribution in [3.05, 3.63) is 59.9 Å². The predicted molar refractivity (Wildman–Crippen MR) is 107 cm³/mol. The molecule has 2 N–H and O–H groups in total. The zero-order chi connectivity index (χ0) is 20.1. The largest absolute Gasteiger partial charge is 0.465 e. The average molecular weight is 380 g/mol. The second-order valence-corrected chi connectivity index (χ2v) is 6.45. The topological polar surface area (TPSA) is 85.2 Å². The van der Waals surface area contributed by atoms with Gasteiger partial charge in [0.25, 0.3) is 0 Å². The lowest BCUT2D eigenvalue weighted by Gasteiger charge is -2.15. The van der Waals surface area contributed by atoms with Crippen molar-refractivity contribution in [2.45, 2.75) is 26.8 Å². The van der Waals surface area contributed by atoms with Gasteiger partial charge in [0.1, 0.15) is 6.54 Å². The van der Waals surface area contributed by atoms with Gasteiger partial charge in [0.2, 0.25) is 0 Å². The quantitative estimate of drug-likeness (QED) is 0.643. The number of benzene rings is 2. The number of amides is 2. The Morgan fingerprint density at radius 3 is 2.71 bits per heavy atom. The Kier molecular flexibility index (Phi) is 5.93. The minimum absolute atomic E-state index is 0.166. The maximum absolute atomic E-state index is 12.0. The maximum atomic E-state index is 12.0. The molecule has 0 saturated carbocycles. The van der Waals surface area contributed by atoms with E-state index in [1.54, 1.807) is 13.1 Å². The number of ether oxygens (including phenoxy) is 1. The van der Waals surface area contributed by atoms with Crippen LogP contribution in [0, 0.1) is 6.92 Å². The molecule has 1 aromatic heterocycles. The standard InChI is InChI=1S/C21H24N4O3/c1-4-28-20(26)13-22-21(27)24-14(2)18-12-23-25(15(18)3)19-11-7-9-16-8-5-6-10-17(16)19/h5-12,14H,4,13H2,1-3H3,(H2,22,24,27)/t14-/m1/s1. The third-order valence-electron chi connectivity index (χ3n) is 4.56. The van der Waals surface area contributed by atoms with Crippen molar-refractivity contribution in [3.63, 3.8) is 0 Å². The van der Waals surface area contributed by atoms with Gasteiger partial charge in [-0.25, -0.2) is 9.48 Å². The third-order valence-corrected chi connectivity index (χ3v) is 4.56. The highest BCUT2D eigenvalue weighted by atomic mass is 16.5. The Morgan fingerprint density at radius 1 is 1.18 bits per heavy atom. The van der Waals surface area contributed by atoms with Crippen molar-refractivity contribution in [3.8, 4) is 5.69 Å². The fourth-order valence-corrected chi connectivity index (χ4v) is 3.17. The summed E-state index contributed by atoms with van der Waals surface area (Å²) < 4.78 is 6.68. The van der Waals surface area contributed by atoms with Gasteiger partial charge in [-0.15, -0.1) is 0 Å². The van der Waals surface area contributed by atoms with E-state index in [9.17, 15) is 9.59 Å². The summed E-state index contributed by atoms with van der Waals surface area (Å²) in [5.41, 5.74) is 2.83. The van der Waals surface area contributed by atoms with Crippen molar-refractivity contribution in [1.82, 2.24) is 20.4 Å². The molecule has 28 heavy (non-hydrogen) atoms. The number of nitrogens with one attached hydrogen (secondary N) is 2. The molecule has 3 rings (SSSR count). The van der Waals surface area contributed by atoms with Gasteiger partial charge in [-0.3, -0.25) is 4.79 Å². The minimum atomic E-state index is -0.467. The zero-order valence-corrected chi connectivity index (χ0v) is 16.2. The highest BCUT2D eigenvalue weighted by Crippen LogP contribution is 2.25. The Labute approximate surface area is 163 Å². The maximum Gasteiger partial charge on any atom is 0.325 e.